The molecule has 0 unspecified atom stereocenters. The van der Waals surface area contributed by atoms with Gasteiger partial charge in [-0.3, -0.25) is 4.39 Å². The van der Waals surface area contributed by atoms with E-state index in [1.165, 1.54) is 37.8 Å². The molecule has 5 heteroatoms. The standard InChI is InChI=1S/C24H32F4O/c25-15-3-1-2-4-17-5-7-18(8-6-17)19-9-11-20(12-10-19)21-13-14-23(22(26)16-21)29-24(27)28/h2,4,13-14,16-20,24H,1,3,5-12,15H2. The van der Waals surface area contributed by atoms with Crippen LogP contribution in [0.25, 0.3) is 0 Å². The van der Waals surface area contributed by atoms with Crippen LogP contribution in [-0.2, 0) is 0 Å². The molecule has 0 radical (unpaired) electrons. The van der Waals surface area contributed by atoms with Crippen LogP contribution in [0.5, 0.6) is 5.75 Å². The van der Waals surface area contributed by atoms with Crippen molar-refractivity contribution in [3.63, 3.8) is 0 Å². The van der Waals surface area contributed by atoms with Gasteiger partial charge in [-0.15, -0.1) is 0 Å². The third-order valence-electron chi connectivity index (χ3n) is 6.81. The Morgan fingerprint density at radius 3 is 2.21 bits per heavy atom. The van der Waals surface area contributed by atoms with Crippen LogP contribution >= 0.6 is 0 Å². The minimum atomic E-state index is -3.01. The molecule has 1 aromatic rings. The number of unbranched alkanes of at least 4 members (excludes halogenated alkanes) is 1. The van der Waals surface area contributed by atoms with Crippen LogP contribution < -0.4 is 4.74 Å². The van der Waals surface area contributed by atoms with Gasteiger partial charge >= 0.3 is 6.61 Å². The van der Waals surface area contributed by atoms with Crippen molar-refractivity contribution in [1.82, 2.24) is 0 Å². The highest BCUT2D eigenvalue weighted by atomic mass is 19.3. The Kier molecular flexibility index (Phi) is 8.43. The number of halogens is 4. The first-order valence-electron chi connectivity index (χ1n) is 11.0. The van der Waals surface area contributed by atoms with Crippen LogP contribution in [0.4, 0.5) is 17.6 Å². The van der Waals surface area contributed by atoms with Crippen molar-refractivity contribution in [3.8, 4) is 5.75 Å². The number of alkyl halides is 3. The lowest BCUT2D eigenvalue weighted by Gasteiger charge is -2.37. The molecule has 0 heterocycles. The molecule has 0 bridgehead atoms. The summed E-state index contributed by atoms with van der Waals surface area (Å²) in [4.78, 5) is 0. The van der Waals surface area contributed by atoms with Crippen LogP contribution in [0.3, 0.4) is 0 Å². The van der Waals surface area contributed by atoms with Crippen molar-refractivity contribution >= 4 is 0 Å². The van der Waals surface area contributed by atoms with Crippen LogP contribution in [0.1, 0.15) is 75.7 Å². The van der Waals surface area contributed by atoms with Gasteiger partial charge in [-0.2, -0.15) is 8.78 Å². The summed E-state index contributed by atoms with van der Waals surface area (Å²) in [5, 5.41) is 0. The second-order valence-electron chi connectivity index (χ2n) is 8.61. The molecular formula is C24H32F4O. The van der Waals surface area contributed by atoms with E-state index in [4.69, 9.17) is 0 Å². The first-order chi connectivity index (χ1) is 14.1. The van der Waals surface area contributed by atoms with Gasteiger partial charge in [0.05, 0.1) is 6.67 Å². The summed E-state index contributed by atoms with van der Waals surface area (Å²) in [6.07, 6.45) is 15.3. The Bertz CT molecular complexity index is 644. The normalized spacial score (nSPS) is 28.2. The van der Waals surface area contributed by atoms with Gasteiger partial charge in [0.25, 0.3) is 0 Å². The first kappa shape index (κ1) is 22.2. The van der Waals surface area contributed by atoms with Crippen molar-refractivity contribution in [2.24, 2.45) is 17.8 Å². The van der Waals surface area contributed by atoms with Crippen LogP contribution in [0.2, 0.25) is 0 Å². The lowest BCUT2D eigenvalue weighted by molar-refractivity contribution is -0.0522. The van der Waals surface area contributed by atoms with E-state index in [1.807, 2.05) is 0 Å². The topological polar surface area (TPSA) is 9.23 Å². The molecular weight excluding hydrogens is 380 g/mol. The van der Waals surface area contributed by atoms with Crippen molar-refractivity contribution in [3.05, 3.63) is 41.7 Å². The lowest BCUT2D eigenvalue weighted by Crippen LogP contribution is -2.25. The highest BCUT2D eigenvalue weighted by Crippen LogP contribution is 2.44. The zero-order valence-corrected chi connectivity index (χ0v) is 17.0. The van der Waals surface area contributed by atoms with E-state index >= 15 is 0 Å². The molecule has 1 nitrogen and oxygen atoms in total. The predicted molar refractivity (Wildman–Crippen MR) is 108 cm³/mol. The summed E-state index contributed by atoms with van der Waals surface area (Å²) in [7, 11) is 0. The first-order valence-corrected chi connectivity index (χ1v) is 11.0. The summed E-state index contributed by atoms with van der Waals surface area (Å²) >= 11 is 0. The third-order valence-corrected chi connectivity index (χ3v) is 6.81. The Labute approximate surface area is 171 Å². The summed E-state index contributed by atoms with van der Waals surface area (Å²) in [5.41, 5.74) is 0.893. The average molecular weight is 413 g/mol. The second kappa shape index (κ2) is 11.0. The van der Waals surface area contributed by atoms with Crippen molar-refractivity contribution < 1.29 is 22.3 Å². The van der Waals surface area contributed by atoms with E-state index < -0.39 is 12.4 Å². The van der Waals surface area contributed by atoms with E-state index in [-0.39, 0.29) is 12.4 Å². The van der Waals surface area contributed by atoms with Gasteiger partial charge in [0.2, 0.25) is 0 Å². The maximum absolute atomic E-state index is 14.0. The molecule has 2 fully saturated rings. The Morgan fingerprint density at radius 2 is 1.62 bits per heavy atom. The number of hydrogen-bond donors (Lipinski definition) is 0. The molecule has 0 amide bonds. The lowest BCUT2D eigenvalue weighted by atomic mass is 9.68. The predicted octanol–water partition coefficient (Wildman–Crippen LogP) is 7.81. The largest absolute Gasteiger partial charge is 0.432 e. The van der Waals surface area contributed by atoms with Crippen molar-refractivity contribution in [2.45, 2.75) is 76.7 Å². The van der Waals surface area contributed by atoms with Gasteiger partial charge in [0.1, 0.15) is 0 Å². The number of ether oxygens (including phenoxy) is 1. The maximum Gasteiger partial charge on any atom is 0.387 e. The highest BCUT2D eigenvalue weighted by Gasteiger charge is 2.31. The van der Waals surface area contributed by atoms with Crippen LogP contribution in [0.15, 0.2) is 30.4 Å². The molecule has 29 heavy (non-hydrogen) atoms. The monoisotopic (exact) mass is 412 g/mol. The van der Waals surface area contributed by atoms with E-state index in [9.17, 15) is 17.6 Å². The zero-order valence-electron chi connectivity index (χ0n) is 17.0. The van der Waals surface area contributed by atoms with Crippen molar-refractivity contribution in [1.29, 1.82) is 0 Å². The molecule has 0 aliphatic heterocycles. The quantitative estimate of drug-likeness (QED) is 0.240. The van der Waals surface area contributed by atoms with Gasteiger partial charge in [-0.25, -0.2) is 4.39 Å². The third kappa shape index (κ3) is 6.48. The number of rotatable bonds is 8. The van der Waals surface area contributed by atoms with E-state index in [1.54, 1.807) is 6.07 Å². The molecule has 0 aromatic heterocycles. The van der Waals surface area contributed by atoms with Gasteiger partial charge in [-0.1, -0.05) is 18.2 Å². The van der Waals surface area contributed by atoms with Gasteiger partial charge in [-0.05, 0) is 106 Å². The van der Waals surface area contributed by atoms with Crippen molar-refractivity contribution in [2.75, 3.05) is 6.67 Å². The Balaban J connectivity index is 1.44. The van der Waals surface area contributed by atoms with Gasteiger partial charge in [0.15, 0.2) is 11.6 Å². The van der Waals surface area contributed by atoms with E-state index in [2.05, 4.69) is 16.9 Å². The van der Waals surface area contributed by atoms with Crippen LogP contribution in [0, 0.1) is 23.6 Å². The number of benzene rings is 1. The minimum Gasteiger partial charge on any atom is -0.432 e. The molecule has 3 rings (SSSR count). The van der Waals surface area contributed by atoms with E-state index in [0.29, 0.717) is 18.3 Å². The number of allylic oxidation sites excluding steroid dienone is 2. The summed E-state index contributed by atoms with van der Waals surface area (Å²) in [6.45, 7) is -3.24. The fourth-order valence-electron chi connectivity index (χ4n) is 5.18. The fraction of sp³-hybridized carbons (Fsp3) is 0.667. The summed E-state index contributed by atoms with van der Waals surface area (Å²) in [6, 6.07) is 4.42. The fourth-order valence-corrected chi connectivity index (χ4v) is 5.18. The molecule has 2 aliphatic rings. The smallest absolute Gasteiger partial charge is 0.387 e. The second-order valence-corrected chi connectivity index (χ2v) is 8.61. The van der Waals surface area contributed by atoms with Gasteiger partial charge < -0.3 is 4.74 Å². The molecule has 2 saturated carbocycles. The molecule has 0 atom stereocenters. The molecule has 0 saturated heterocycles. The molecule has 0 spiro atoms. The zero-order chi connectivity index (χ0) is 20.6. The van der Waals surface area contributed by atoms with Crippen LogP contribution in [-0.4, -0.2) is 13.3 Å². The molecule has 162 valence electrons. The molecule has 1 aromatic carbocycles. The summed E-state index contributed by atoms with van der Waals surface area (Å²) < 4.78 is 54.9. The minimum absolute atomic E-state index is 0.236. The molecule has 2 aliphatic carbocycles. The Morgan fingerprint density at radius 1 is 0.966 bits per heavy atom. The maximum atomic E-state index is 14.0. The average Bonchev–Trinajstić information content (AvgIpc) is 2.73. The highest BCUT2D eigenvalue weighted by molar-refractivity contribution is 5.31. The molecule has 0 N–H and O–H groups in total. The SMILES string of the molecule is FCCCC=CC1CCC(C2CCC(c3ccc(OC(F)F)c(F)c3)CC2)CC1. The number of hydrogen-bond acceptors (Lipinski definition) is 1. The van der Waals surface area contributed by atoms with E-state index in [0.717, 1.165) is 49.5 Å². The summed E-state index contributed by atoms with van der Waals surface area (Å²) in [5.74, 6) is 1.39. The Hall–Kier alpha value is -1.52. The van der Waals surface area contributed by atoms with Gasteiger partial charge in [0, 0.05) is 0 Å².